The van der Waals surface area contributed by atoms with Crippen molar-refractivity contribution in [3.05, 3.63) is 29.3 Å². The van der Waals surface area contributed by atoms with Crippen LogP contribution in [0.15, 0.2) is 29.2 Å². The highest BCUT2D eigenvalue weighted by molar-refractivity contribution is 7.89. The molecule has 9 heteroatoms. The number of amides is 1. The van der Waals surface area contributed by atoms with Crippen molar-refractivity contribution in [2.45, 2.75) is 50.0 Å². The number of nitrogens with zero attached hydrogens (tertiary/aromatic N) is 1. The molecule has 0 unspecified atom stereocenters. The monoisotopic (exact) mass is 416 g/mol. The predicted molar refractivity (Wildman–Crippen MR) is 102 cm³/mol. The Morgan fingerprint density at radius 1 is 1.30 bits per heavy atom. The van der Waals surface area contributed by atoms with E-state index in [4.69, 9.17) is 16.3 Å². The van der Waals surface area contributed by atoms with Crippen LogP contribution in [0, 0.1) is 0 Å². The van der Waals surface area contributed by atoms with Crippen LogP contribution in [-0.2, 0) is 24.3 Å². The molecule has 0 aromatic heterocycles. The number of carbonyl (C=O) groups is 2. The van der Waals surface area contributed by atoms with Crippen LogP contribution in [0.3, 0.4) is 0 Å². The quantitative estimate of drug-likeness (QED) is 0.656. The van der Waals surface area contributed by atoms with Gasteiger partial charge in [-0.3, -0.25) is 9.59 Å². The molecule has 0 spiro atoms. The second-order valence-corrected chi connectivity index (χ2v) is 8.61. The molecule has 1 heterocycles. The fourth-order valence-electron chi connectivity index (χ4n) is 3.00. The highest BCUT2D eigenvalue weighted by atomic mass is 35.5. The van der Waals surface area contributed by atoms with Gasteiger partial charge in [0.1, 0.15) is 6.04 Å². The Kier molecular flexibility index (Phi) is 8.07. The summed E-state index contributed by atoms with van der Waals surface area (Å²) < 4.78 is 32.5. The number of sulfonamides is 1. The summed E-state index contributed by atoms with van der Waals surface area (Å²) in [5, 5.41) is 3.20. The molecular formula is C18H25ClN2O5S. The Morgan fingerprint density at radius 2 is 2.00 bits per heavy atom. The van der Waals surface area contributed by atoms with Gasteiger partial charge in [-0.25, -0.2) is 8.42 Å². The van der Waals surface area contributed by atoms with Crippen molar-refractivity contribution in [3.8, 4) is 0 Å². The molecule has 7 nitrogen and oxygen atoms in total. The Hall–Kier alpha value is -1.64. The Bertz CT molecular complexity index is 752. The van der Waals surface area contributed by atoms with Crippen molar-refractivity contribution in [1.29, 1.82) is 0 Å². The summed E-state index contributed by atoms with van der Waals surface area (Å²) in [5.41, 5.74) is 0. The minimum Gasteiger partial charge on any atom is -0.466 e. The van der Waals surface area contributed by atoms with Gasteiger partial charge >= 0.3 is 5.97 Å². The third-order valence-corrected chi connectivity index (χ3v) is 6.51. The molecule has 1 fully saturated rings. The van der Waals surface area contributed by atoms with Crippen LogP contribution >= 0.6 is 11.6 Å². The number of halogens is 1. The first kappa shape index (κ1) is 21.7. The zero-order valence-corrected chi connectivity index (χ0v) is 16.9. The molecule has 0 radical (unpaired) electrons. The predicted octanol–water partition coefficient (Wildman–Crippen LogP) is 2.34. The van der Waals surface area contributed by atoms with Crippen LogP contribution < -0.4 is 5.32 Å². The van der Waals surface area contributed by atoms with E-state index in [0.29, 0.717) is 18.0 Å². The zero-order valence-electron chi connectivity index (χ0n) is 15.3. The fraction of sp³-hybridized carbons (Fsp3) is 0.556. The second kappa shape index (κ2) is 10.1. The van der Waals surface area contributed by atoms with Gasteiger partial charge in [0, 0.05) is 24.5 Å². The molecule has 1 aliphatic heterocycles. The van der Waals surface area contributed by atoms with E-state index in [1.807, 2.05) is 0 Å². The third-order valence-electron chi connectivity index (χ3n) is 4.34. The van der Waals surface area contributed by atoms with Crippen LogP contribution in [0.4, 0.5) is 0 Å². The molecule has 1 aromatic rings. The highest BCUT2D eigenvalue weighted by Gasteiger charge is 2.36. The lowest BCUT2D eigenvalue weighted by Gasteiger charge is -2.29. The lowest BCUT2D eigenvalue weighted by atomic mass is 10.1. The van der Waals surface area contributed by atoms with Crippen molar-refractivity contribution >= 4 is 33.5 Å². The maximum absolute atomic E-state index is 13.2. The molecule has 0 saturated carbocycles. The Morgan fingerprint density at radius 3 is 2.67 bits per heavy atom. The molecule has 0 aliphatic carbocycles. The summed E-state index contributed by atoms with van der Waals surface area (Å²) in [6.07, 6.45) is 2.36. The summed E-state index contributed by atoms with van der Waals surface area (Å²) in [6.45, 7) is 2.58. The van der Waals surface area contributed by atoms with E-state index in [9.17, 15) is 18.0 Å². The zero-order chi connectivity index (χ0) is 19.9. The van der Waals surface area contributed by atoms with Gasteiger partial charge in [0.15, 0.2) is 0 Å². The van der Waals surface area contributed by atoms with Crippen LogP contribution in [0.1, 0.15) is 39.0 Å². The Labute approximate surface area is 165 Å². The molecule has 1 saturated heterocycles. The van der Waals surface area contributed by atoms with Gasteiger partial charge in [-0.2, -0.15) is 4.31 Å². The van der Waals surface area contributed by atoms with Crippen LogP contribution in [0.2, 0.25) is 5.02 Å². The van der Waals surface area contributed by atoms with Gasteiger partial charge in [-0.05, 0) is 56.9 Å². The number of benzene rings is 1. The molecule has 1 aliphatic rings. The van der Waals surface area contributed by atoms with Gasteiger partial charge in [-0.15, -0.1) is 0 Å². The molecule has 2 rings (SSSR count). The maximum Gasteiger partial charge on any atom is 0.305 e. The normalized spacial score (nSPS) is 18.0. The van der Waals surface area contributed by atoms with Crippen molar-refractivity contribution in [1.82, 2.24) is 9.62 Å². The largest absolute Gasteiger partial charge is 0.466 e. The fourth-order valence-corrected chi connectivity index (χ4v) is 4.78. The van der Waals surface area contributed by atoms with Crippen molar-refractivity contribution in [3.63, 3.8) is 0 Å². The molecule has 150 valence electrons. The third kappa shape index (κ3) is 5.92. The number of hydrogen-bond acceptors (Lipinski definition) is 5. The summed E-state index contributed by atoms with van der Waals surface area (Å²) in [4.78, 5) is 24.1. The molecule has 27 heavy (non-hydrogen) atoms. The molecular weight excluding hydrogens is 392 g/mol. The first-order valence-electron chi connectivity index (χ1n) is 9.07. The topological polar surface area (TPSA) is 92.8 Å². The standard InChI is InChI=1S/C18H25ClN2O5S/c1-2-26-17(22)7-5-13-21(16-6-3-4-12-20-18(16)23)27(24,25)15-10-8-14(19)9-11-15/h8-11,16H,2-7,12-13H2,1H3,(H,20,23)/t16-/m1/s1. The van der Waals surface area contributed by atoms with Crippen molar-refractivity contribution < 1.29 is 22.7 Å². The number of hydrogen-bond donors (Lipinski definition) is 1. The molecule has 1 atom stereocenters. The first-order valence-corrected chi connectivity index (χ1v) is 10.9. The smallest absolute Gasteiger partial charge is 0.305 e. The van der Waals surface area contributed by atoms with E-state index in [2.05, 4.69) is 5.32 Å². The van der Waals surface area contributed by atoms with Gasteiger partial charge in [0.2, 0.25) is 15.9 Å². The average Bonchev–Trinajstić information content (AvgIpc) is 2.83. The summed E-state index contributed by atoms with van der Waals surface area (Å²) in [5.74, 6) is -0.687. The summed E-state index contributed by atoms with van der Waals surface area (Å²) in [7, 11) is -3.92. The van der Waals surface area contributed by atoms with Crippen LogP contribution in [0.5, 0.6) is 0 Å². The van der Waals surface area contributed by atoms with E-state index in [1.54, 1.807) is 6.92 Å². The van der Waals surface area contributed by atoms with E-state index < -0.39 is 16.1 Å². The van der Waals surface area contributed by atoms with Crippen molar-refractivity contribution in [2.24, 2.45) is 0 Å². The molecule has 1 amide bonds. The van der Waals surface area contributed by atoms with E-state index in [1.165, 1.54) is 28.6 Å². The Balaban J connectivity index is 2.25. The lowest BCUT2D eigenvalue weighted by molar-refractivity contribution is -0.143. The SMILES string of the molecule is CCOC(=O)CCCN([C@@H]1CCCCNC1=O)S(=O)(=O)c1ccc(Cl)cc1. The number of rotatable bonds is 8. The van der Waals surface area contributed by atoms with Gasteiger partial charge in [-0.1, -0.05) is 11.6 Å². The van der Waals surface area contributed by atoms with E-state index in [-0.39, 0.29) is 42.8 Å². The van der Waals surface area contributed by atoms with Gasteiger partial charge in [0.25, 0.3) is 0 Å². The van der Waals surface area contributed by atoms with Gasteiger partial charge in [0.05, 0.1) is 11.5 Å². The lowest BCUT2D eigenvalue weighted by Crippen LogP contribution is -2.49. The second-order valence-electron chi connectivity index (χ2n) is 6.28. The minimum absolute atomic E-state index is 0.0574. The first-order chi connectivity index (χ1) is 12.9. The van der Waals surface area contributed by atoms with Gasteiger partial charge < -0.3 is 10.1 Å². The summed E-state index contributed by atoms with van der Waals surface area (Å²) >= 11 is 5.86. The number of nitrogens with one attached hydrogen (secondary N) is 1. The van der Waals surface area contributed by atoms with Crippen LogP contribution in [-0.4, -0.2) is 50.3 Å². The summed E-state index contributed by atoms with van der Waals surface area (Å²) in [6, 6.07) is 5.04. The molecule has 1 aromatic carbocycles. The van der Waals surface area contributed by atoms with Crippen molar-refractivity contribution in [2.75, 3.05) is 19.7 Å². The van der Waals surface area contributed by atoms with E-state index >= 15 is 0 Å². The highest BCUT2D eigenvalue weighted by Crippen LogP contribution is 2.24. The number of carbonyl (C=O) groups excluding carboxylic acids is 2. The number of ether oxygens (including phenoxy) is 1. The minimum atomic E-state index is -3.92. The maximum atomic E-state index is 13.2. The average molecular weight is 417 g/mol. The van der Waals surface area contributed by atoms with Crippen LogP contribution in [0.25, 0.3) is 0 Å². The number of esters is 1. The van der Waals surface area contributed by atoms with E-state index in [0.717, 1.165) is 12.8 Å². The molecule has 1 N–H and O–H groups in total. The molecule has 0 bridgehead atoms.